The van der Waals surface area contributed by atoms with E-state index in [1.165, 1.54) is 12.1 Å². The molecule has 2 heterocycles. The van der Waals surface area contributed by atoms with Crippen molar-refractivity contribution in [3.63, 3.8) is 0 Å². The standard InChI is InChI=1S/C16H19F3N2OS/c1-23(2,22)21-7-5-11(6-8-21)14-10-20-15-4-3-12(9-13(14)15)16(17,18)19/h3-4,9-11,20H,1,5-8H2,2H3. The van der Waals surface area contributed by atoms with Crippen LogP contribution in [0, 0.1) is 0 Å². The van der Waals surface area contributed by atoms with Crippen molar-refractivity contribution < 1.29 is 17.4 Å². The number of hydrogen-bond acceptors (Lipinski definition) is 1. The number of halogens is 3. The summed E-state index contributed by atoms with van der Waals surface area (Å²) in [6.07, 6.45) is 0.619. The van der Waals surface area contributed by atoms with Crippen LogP contribution in [0.15, 0.2) is 24.4 Å². The Morgan fingerprint density at radius 1 is 1.30 bits per heavy atom. The van der Waals surface area contributed by atoms with Crippen molar-refractivity contribution in [3.8, 4) is 0 Å². The molecular weight excluding hydrogens is 325 g/mol. The van der Waals surface area contributed by atoms with Crippen molar-refractivity contribution in [2.24, 2.45) is 0 Å². The fraction of sp³-hybridized carbons (Fsp3) is 0.438. The smallest absolute Gasteiger partial charge is 0.361 e. The van der Waals surface area contributed by atoms with Crippen molar-refractivity contribution >= 4 is 26.5 Å². The molecule has 1 aromatic heterocycles. The van der Waals surface area contributed by atoms with Crippen LogP contribution in [0.2, 0.25) is 0 Å². The van der Waals surface area contributed by atoms with E-state index in [-0.39, 0.29) is 5.92 Å². The normalized spacial score (nSPS) is 20.7. The first kappa shape index (κ1) is 16.4. The number of nitrogens with one attached hydrogen (secondary N) is 1. The molecule has 1 N–H and O–H groups in total. The first-order valence-corrected chi connectivity index (χ1v) is 9.51. The van der Waals surface area contributed by atoms with E-state index < -0.39 is 21.4 Å². The van der Waals surface area contributed by atoms with Gasteiger partial charge in [-0.1, -0.05) is 0 Å². The molecule has 0 saturated carbocycles. The van der Waals surface area contributed by atoms with Gasteiger partial charge in [0.05, 0.1) is 5.56 Å². The second-order valence-electron chi connectivity index (χ2n) is 6.16. The molecule has 1 fully saturated rings. The first-order chi connectivity index (χ1) is 10.7. The van der Waals surface area contributed by atoms with E-state index in [2.05, 4.69) is 10.9 Å². The van der Waals surface area contributed by atoms with Crippen LogP contribution in [0.5, 0.6) is 0 Å². The molecule has 0 amide bonds. The molecule has 0 bridgehead atoms. The maximum absolute atomic E-state index is 12.9. The van der Waals surface area contributed by atoms with Gasteiger partial charge in [0.15, 0.2) is 0 Å². The van der Waals surface area contributed by atoms with Crippen molar-refractivity contribution in [1.29, 1.82) is 0 Å². The molecule has 0 radical (unpaired) electrons. The summed E-state index contributed by atoms with van der Waals surface area (Å²) in [5.41, 5.74) is 1.00. The monoisotopic (exact) mass is 344 g/mol. The van der Waals surface area contributed by atoms with Crippen molar-refractivity contribution in [2.45, 2.75) is 24.9 Å². The van der Waals surface area contributed by atoms with E-state index in [4.69, 9.17) is 0 Å². The van der Waals surface area contributed by atoms with E-state index in [0.29, 0.717) is 24.0 Å². The van der Waals surface area contributed by atoms with Crippen LogP contribution < -0.4 is 0 Å². The van der Waals surface area contributed by atoms with Gasteiger partial charge < -0.3 is 4.98 Å². The summed E-state index contributed by atoms with van der Waals surface area (Å²) in [6.45, 7) is 1.30. The molecule has 1 unspecified atom stereocenters. The highest BCUT2D eigenvalue weighted by Gasteiger charge is 2.31. The lowest BCUT2D eigenvalue weighted by molar-refractivity contribution is -0.137. The van der Waals surface area contributed by atoms with E-state index in [1.807, 2.05) is 4.31 Å². The van der Waals surface area contributed by atoms with Crippen molar-refractivity contribution in [3.05, 3.63) is 35.5 Å². The minimum Gasteiger partial charge on any atom is -0.361 e. The van der Waals surface area contributed by atoms with Crippen molar-refractivity contribution in [2.75, 3.05) is 19.3 Å². The predicted octanol–water partition coefficient (Wildman–Crippen LogP) is 3.63. The number of piperidine rings is 1. The van der Waals surface area contributed by atoms with Gasteiger partial charge in [-0.05, 0) is 48.4 Å². The minimum absolute atomic E-state index is 0.172. The topological polar surface area (TPSA) is 36.1 Å². The fourth-order valence-corrected chi connectivity index (χ4v) is 4.19. The summed E-state index contributed by atoms with van der Waals surface area (Å²) in [6, 6.07) is 3.80. The number of alkyl halides is 3. The highest BCUT2D eigenvalue weighted by molar-refractivity contribution is 7.97. The maximum Gasteiger partial charge on any atom is 0.416 e. The maximum atomic E-state index is 12.9. The number of rotatable bonds is 2. The Morgan fingerprint density at radius 2 is 1.96 bits per heavy atom. The summed E-state index contributed by atoms with van der Waals surface area (Å²) < 4.78 is 52.6. The average Bonchev–Trinajstić information content (AvgIpc) is 2.88. The fourth-order valence-electron chi connectivity index (χ4n) is 3.21. The Hall–Kier alpha value is -1.47. The summed E-state index contributed by atoms with van der Waals surface area (Å²) in [7, 11) is -2.21. The first-order valence-electron chi connectivity index (χ1n) is 7.42. The average molecular weight is 344 g/mol. The van der Waals surface area contributed by atoms with Gasteiger partial charge in [0.2, 0.25) is 0 Å². The molecule has 1 aliphatic heterocycles. The summed E-state index contributed by atoms with van der Waals surface area (Å²) in [5.74, 6) is 3.86. The van der Waals surface area contributed by atoms with Gasteiger partial charge in [0, 0.05) is 46.2 Å². The van der Waals surface area contributed by atoms with Gasteiger partial charge in [0.25, 0.3) is 0 Å². The van der Waals surface area contributed by atoms with Crippen LogP contribution in [0.3, 0.4) is 0 Å². The van der Waals surface area contributed by atoms with Crippen LogP contribution >= 0.6 is 0 Å². The number of aromatic amines is 1. The Morgan fingerprint density at radius 3 is 2.52 bits per heavy atom. The van der Waals surface area contributed by atoms with Gasteiger partial charge in [-0.2, -0.15) is 13.2 Å². The molecular formula is C16H19F3N2OS. The Balaban J connectivity index is 1.89. The lowest BCUT2D eigenvalue weighted by Gasteiger charge is -2.32. The number of H-pyrrole nitrogens is 1. The Labute approximate surface area is 133 Å². The molecule has 7 heteroatoms. The lowest BCUT2D eigenvalue weighted by atomic mass is 9.89. The molecule has 2 aromatic rings. The molecule has 1 atom stereocenters. The molecule has 1 aliphatic rings. The van der Waals surface area contributed by atoms with E-state index in [9.17, 15) is 17.4 Å². The molecule has 126 valence electrons. The molecule has 0 spiro atoms. The number of aromatic nitrogens is 1. The molecule has 0 aliphatic carbocycles. The largest absolute Gasteiger partial charge is 0.416 e. The second-order valence-corrected chi connectivity index (χ2v) is 8.60. The highest BCUT2D eigenvalue weighted by atomic mass is 32.2. The SMILES string of the molecule is C=S(C)(=O)N1CCC(c2c[nH]c3ccc(C(F)(F)F)cc23)CC1. The molecule has 3 nitrogen and oxygen atoms in total. The zero-order chi connectivity index (χ0) is 16.8. The lowest BCUT2D eigenvalue weighted by Crippen LogP contribution is -2.36. The van der Waals surface area contributed by atoms with Gasteiger partial charge in [0.1, 0.15) is 0 Å². The minimum atomic E-state index is -4.34. The van der Waals surface area contributed by atoms with E-state index in [0.717, 1.165) is 24.5 Å². The van der Waals surface area contributed by atoms with Gasteiger partial charge in [-0.25, -0.2) is 4.31 Å². The van der Waals surface area contributed by atoms with E-state index >= 15 is 0 Å². The predicted molar refractivity (Wildman–Crippen MR) is 88.0 cm³/mol. The van der Waals surface area contributed by atoms with Crippen LogP contribution in [0.1, 0.15) is 29.9 Å². The number of hydrogen-bond donors (Lipinski definition) is 1. The molecule has 1 aromatic carbocycles. The summed E-state index contributed by atoms with van der Waals surface area (Å²) >= 11 is 0. The van der Waals surface area contributed by atoms with Crippen LogP contribution in [0.25, 0.3) is 10.9 Å². The van der Waals surface area contributed by atoms with Crippen LogP contribution in [-0.4, -0.2) is 38.7 Å². The van der Waals surface area contributed by atoms with E-state index in [1.54, 1.807) is 12.5 Å². The Kier molecular flexibility index (Phi) is 3.96. The third-order valence-corrected chi connectivity index (χ3v) is 5.94. The van der Waals surface area contributed by atoms with Gasteiger partial charge in [-0.3, -0.25) is 4.21 Å². The number of nitrogens with zero attached hydrogens (tertiary/aromatic N) is 1. The quantitative estimate of drug-likeness (QED) is 0.830. The Bertz CT molecular complexity index is 815. The molecule has 1 saturated heterocycles. The molecule has 23 heavy (non-hydrogen) atoms. The summed E-state index contributed by atoms with van der Waals surface area (Å²) in [5, 5.41) is 0.630. The van der Waals surface area contributed by atoms with Gasteiger partial charge >= 0.3 is 6.18 Å². The third-order valence-electron chi connectivity index (χ3n) is 4.48. The van der Waals surface area contributed by atoms with Gasteiger partial charge in [-0.15, -0.1) is 0 Å². The third kappa shape index (κ3) is 3.26. The summed E-state index contributed by atoms with van der Waals surface area (Å²) in [4.78, 5) is 3.06. The zero-order valence-electron chi connectivity index (χ0n) is 12.8. The number of fused-ring (bicyclic) bond motifs is 1. The van der Waals surface area contributed by atoms with Crippen LogP contribution in [0.4, 0.5) is 13.2 Å². The van der Waals surface area contributed by atoms with Crippen LogP contribution in [-0.2, 0) is 15.9 Å². The molecule has 3 rings (SSSR count). The number of benzene rings is 1. The highest BCUT2D eigenvalue weighted by Crippen LogP contribution is 2.37. The second kappa shape index (κ2) is 5.56. The van der Waals surface area contributed by atoms with Crippen molar-refractivity contribution in [1.82, 2.24) is 9.29 Å². The zero-order valence-corrected chi connectivity index (χ0v) is 13.6.